The van der Waals surface area contributed by atoms with Gasteiger partial charge >= 0.3 is 5.97 Å². The third-order valence-electron chi connectivity index (χ3n) is 3.36. The molecular formula is C13H15NO6S. The van der Waals surface area contributed by atoms with Crippen LogP contribution in [-0.2, 0) is 14.6 Å². The van der Waals surface area contributed by atoms with Crippen LogP contribution in [-0.4, -0.2) is 44.3 Å². The summed E-state index contributed by atoms with van der Waals surface area (Å²) in [5.74, 6) is -1.59. The van der Waals surface area contributed by atoms with Gasteiger partial charge in [-0.15, -0.1) is 0 Å². The molecule has 0 aromatic heterocycles. The molecule has 2 rings (SSSR count). The van der Waals surface area contributed by atoms with Crippen LogP contribution in [0.4, 0.5) is 0 Å². The SMILES string of the molecule is COc1ccc(S(C)(=O)=O)cc1C(=O)NC1(C(=O)O)CC1. The fourth-order valence-electron chi connectivity index (χ4n) is 1.90. The number of nitrogens with one attached hydrogen (secondary N) is 1. The van der Waals surface area contributed by atoms with Crippen LogP contribution in [0.15, 0.2) is 23.1 Å². The number of ether oxygens (including phenoxy) is 1. The average Bonchev–Trinajstić information content (AvgIpc) is 3.17. The van der Waals surface area contributed by atoms with E-state index >= 15 is 0 Å². The number of sulfone groups is 1. The molecular weight excluding hydrogens is 298 g/mol. The minimum absolute atomic E-state index is 0.00653. The van der Waals surface area contributed by atoms with Gasteiger partial charge in [0.1, 0.15) is 11.3 Å². The minimum Gasteiger partial charge on any atom is -0.496 e. The summed E-state index contributed by atoms with van der Waals surface area (Å²) < 4.78 is 28.1. The zero-order valence-corrected chi connectivity index (χ0v) is 12.4. The lowest BCUT2D eigenvalue weighted by Gasteiger charge is -2.15. The summed E-state index contributed by atoms with van der Waals surface area (Å²) in [6.45, 7) is 0. The number of benzene rings is 1. The van der Waals surface area contributed by atoms with Crippen LogP contribution in [0.3, 0.4) is 0 Å². The first-order chi connectivity index (χ1) is 9.69. The zero-order valence-electron chi connectivity index (χ0n) is 11.5. The number of carboxylic acid groups (broad SMARTS) is 1. The number of hydrogen-bond donors (Lipinski definition) is 2. The van der Waals surface area contributed by atoms with Crippen molar-refractivity contribution in [3.63, 3.8) is 0 Å². The van der Waals surface area contributed by atoms with Crippen molar-refractivity contribution in [1.82, 2.24) is 5.32 Å². The van der Waals surface area contributed by atoms with Crippen LogP contribution in [0.5, 0.6) is 5.75 Å². The van der Waals surface area contributed by atoms with Gasteiger partial charge in [-0.2, -0.15) is 0 Å². The molecule has 0 atom stereocenters. The predicted octanol–water partition coefficient (Wildman–Crippen LogP) is 0.446. The quantitative estimate of drug-likeness (QED) is 0.816. The maximum absolute atomic E-state index is 12.2. The molecule has 1 aliphatic rings. The molecule has 1 saturated carbocycles. The highest BCUT2D eigenvalue weighted by Crippen LogP contribution is 2.36. The molecule has 0 spiro atoms. The fourth-order valence-corrected chi connectivity index (χ4v) is 2.54. The summed E-state index contributed by atoms with van der Waals surface area (Å²) >= 11 is 0. The molecule has 114 valence electrons. The molecule has 0 saturated heterocycles. The molecule has 0 radical (unpaired) electrons. The van der Waals surface area contributed by atoms with E-state index in [9.17, 15) is 18.0 Å². The van der Waals surface area contributed by atoms with Crippen molar-refractivity contribution in [1.29, 1.82) is 0 Å². The Kier molecular flexibility index (Phi) is 3.66. The molecule has 0 aliphatic heterocycles. The van der Waals surface area contributed by atoms with Gasteiger partial charge in [-0.1, -0.05) is 0 Å². The van der Waals surface area contributed by atoms with Crippen molar-refractivity contribution in [2.24, 2.45) is 0 Å². The standard InChI is InChI=1S/C13H15NO6S/c1-20-10-4-3-8(21(2,18)19)7-9(10)11(15)14-13(5-6-13)12(16)17/h3-4,7H,5-6H2,1-2H3,(H,14,15)(H,16,17). The summed E-state index contributed by atoms with van der Waals surface area (Å²) in [6, 6.07) is 3.88. The van der Waals surface area contributed by atoms with Gasteiger partial charge in [0, 0.05) is 6.26 Å². The smallest absolute Gasteiger partial charge is 0.329 e. The number of carbonyl (C=O) groups is 2. The number of carboxylic acids is 1. The van der Waals surface area contributed by atoms with E-state index in [4.69, 9.17) is 9.84 Å². The van der Waals surface area contributed by atoms with Crippen molar-refractivity contribution in [3.8, 4) is 5.75 Å². The number of amides is 1. The molecule has 8 heteroatoms. The van der Waals surface area contributed by atoms with Gasteiger partial charge in [-0.3, -0.25) is 4.79 Å². The normalized spacial score (nSPS) is 16.1. The summed E-state index contributed by atoms with van der Waals surface area (Å²) in [4.78, 5) is 23.3. The highest BCUT2D eigenvalue weighted by atomic mass is 32.2. The Bertz CT molecular complexity index is 705. The molecule has 7 nitrogen and oxygen atoms in total. The summed E-state index contributed by atoms with van der Waals surface area (Å²) in [7, 11) is -2.14. The third kappa shape index (κ3) is 2.99. The largest absolute Gasteiger partial charge is 0.496 e. The first kappa shape index (κ1) is 15.3. The van der Waals surface area contributed by atoms with Gasteiger partial charge in [-0.25, -0.2) is 13.2 Å². The lowest BCUT2D eigenvalue weighted by atomic mass is 10.1. The number of rotatable bonds is 5. The molecule has 1 fully saturated rings. The Morgan fingerprint density at radius 3 is 2.38 bits per heavy atom. The summed E-state index contributed by atoms with van der Waals surface area (Å²) in [5.41, 5.74) is -1.25. The molecule has 0 heterocycles. The second-order valence-electron chi connectivity index (χ2n) is 4.98. The average molecular weight is 313 g/mol. The van der Waals surface area contributed by atoms with Gasteiger partial charge in [0.2, 0.25) is 0 Å². The molecule has 1 amide bonds. The topological polar surface area (TPSA) is 110 Å². The van der Waals surface area contributed by atoms with Gasteiger partial charge < -0.3 is 15.2 Å². The van der Waals surface area contributed by atoms with E-state index in [1.807, 2.05) is 0 Å². The van der Waals surface area contributed by atoms with E-state index in [1.54, 1.807) is 0 Å². The Balaban J connectivity index is 2.37. The molecule has 2 N–H and O–H groups in total. The van der Waals surface area contributed by atoms with E-state index in [-0.39, 0.29) is 16.2 Å². The lowest BCUT2D eigenvalue weighted by Crippen LogP contribution is -2.43. The van der Waals surface area contributed by atoms with Gasteiger partial charge in [-0.05, 0) is 31.0 Å². The lowest BCUT2D eigenvalue weighted by molar-refractivity contribution is -0.140. The van der Waals surface area contributed by atoms with Crippen LogP contribution < -0.4 is 10.1 Å². The van der Waals surface area contributed by atoms with Crippen LogP contribution in [0, 0.1) is 0 Å². The molecule has 0 bridgehead atoms. The molecule has 1 aromatic carbocycles. The van der Waals surface area contributed by atoms with E-state index in [0.717, 1.165) is 6.26 Å². The van der Waals surface area contributed by atoms with Gasteiger partial charge in [0.15, 0.2) is 9.84 Å². The highest BCUT2D eigenvalue weighted by molar-refractivity contribution is 7.90. The van der Waals surface area contributed by atoms with E-state index < -0.39 is 27.3 Å². The molecule has 1 aromatic rings. The van der Waals surface area contributed by atoms with Crippen molar-refractivity contribution in [3.05, 3.63) is 23.8 Å². The minimum atomic E-state index is -3.48. The first-order valence-electron chi connectivity index (χ1n) is 6.14. The highest BCUT2D eigenvalue weighted by Gasteiger charge is 2.51. The second kappa shape index (κ2) is 5.03. The Hall–Kier alpha value is -2.09. The Morgan fingerprint density at radius 1 is 1.33 bits per heavy atom. The van der Waals surface area contributed by atoms with Crippen LogP contribution >= 0.6 is 0 Å². The van der Waals surface area contributed by atoms with Crippen molar-refractivity contribution in [2.45, 2.75) is 23.3 Å². The zero-order chi connectivity index (χ0) is 15.8. The summed E-state index contributed by atoms with van der Waals surface area (Å²) in [5, 5.41) is 11.5. The molecule has 21 heavy (non-hydrogen) atoms. The van der Waals surface area contributed by atoms with Crippen LogP contribution in [0.25, 0.3) is 0 Å². The second-order valence-corrected chi connectivity index (χ2v) is 6.99. The van der Waals surface area contributed by atoms with Crippen molar-refractivity contribution >= 4 is 21.7 Å². The van der Waals surface area contributed by atoms with Crippen molar-refractivity contribution < 1.29 is 27.9 Å². The van der Waals surface area contributed by atoms with Crippen molar-refractivity contribution in [2.75, 3.05) is 13.4 Å². The Morgan fingerprint density at radius 2 is 1.95 bits per heavy atom. The van der Waals surface area contributed by atoms with E-state index in [0.29, 0.717) is 12.8 Å². The monoisotopic (exact) mass is 313 g/mol. The van der Waals surface area contributed by atoms with Gasteiger partial charge in [0.25, 0.3) is 5.91 Å². The first-order valence-corrected chi connectivity index (χ1v) is 8.03. The Labute approximate surface area is 121 Å². The maximum Gasteiger partial charge on any atom is 0.329 e. The van der Waals surface area contributed by atoms with Crippen LogP contribution in [0.2, 0.25) is 0 Å². The van der Waals surface area contributed by atoms with Crippen LogP contribution in [0.1, 0.15) is 23.2 Å². The molecule has 0 unspecified atom stereocenters. The van der Waals surface area contributed by atoms with Gasteiger partial charge in [0.05, 0.1) is 17.6 Å². The number of hydrogen-bond acceptors (Lipinski definition) is 5. The third-order valence-corrected chi connectivity index (χ3v) is 4.47. The predicted molar refractivity (Wildman–Crippen MR) is 73.2 cm³/mol. The van der Waals surface area contributed by atoms with E-state index in [2.05, 4.69) is 5.32 Å². The number of methoxy groups -OCH3 is 1. The molecule has 1 aliphatic carbocycles. The maximum atomic E-state index is 12.2. The summed E-state index contributed by atoms with van der Waals surface area (Å²) in [6.07, 6.45) is 1.72. The van der Waals surface area contributed by atoms with E-state index in [1.165, 1.54) is 25.3 Å². The number of aliphatic carboxylic acids is 1. The number of carbonyl (C=O) groups excluding carboxylic acids is 1. The fraction of sp³-hybridized carbons (Fsp3) is 0.385.